The summed E-state index contributed by atoms with van der Waals surface area (Å²) in [6.07, 6.45) is 9.62. The van der Waals surface area contributed by atoms with E-state index in [1.54, 1.807) is 0 Å². The Kier molecular flexibility index (Phi) is 4.96. The Balaban J connectivity index is 1.31. The Morgan fingerprint density at radius 3 is 2.65 bits per heavy atom. The van der Waals surface area contributed by atoms with Crippen LogP contribution < -0.4 is 5.19 Å². The molecule has 4 nitrogen and oxygen atoms in total. The molecule has 1 aromatic rings. The molecular weight excluding hydrogens is 440 g/mol. The Bertz CT molecular complexity index is 1090. The quantitative estimate of drug-likeness (QED) is 0.462. The lowest BCUT2D eigenvalue weighted by Crippen LogP contribution is -2.61. The number of Topliss-reactive ketones (excluding diaryl/α,β-unsaturated/α-hetero) is 2. The van der Waals surface area contributed by atoms with Crippen molar-refractivity contribution in [1.82, 2.24) is 0 Å². The van der Waals surface area contributed by atoms with E-state index in [4.69, 9.17) is 9.47 Å². The average Bonchev–Trinajstić information content (AvgIpc) is 3.53. The monoisotopic (exact) mass is 476 g/mol. The van der Waals surface area contributed by atoms with Gasteiger partial charge >= 0.3 is 0 Å². The van der Waals surface area contributed by atoms with E-state index in [9.17, 15) is 9.59 Å². The first kappa shape index (κ1) is 22.5. The summed E-state index contributed by atoms with van der Waals surface area (Å²) in [5.74, 6) is 0.0408. The number of allylic oxidation sites excluding steroid dienone is 4. The van der Waals surface area contributed by atoms with Crippen LogP contribution in [-0.4, -0.2) is 38.0 Å². The van der Waals surface area contributed by atoms with Crippen molar-refractivity contribution < 1.29 is 19.1 Å². The maximum Gasteiger partial charge on any atom is 0.148 e. The van der Waals surface area contributed by atoms with Crippen LogP contribution in [0.4, 0.5) is 0 Å². The van der Waals surface area contributed by atoms with Gasteiger partial charge in [0.25, 0.3) is 0 Å². The standard InChI is InChI=1S/C29H36O4Si/c1-5-32-22-13-9-12-19-25(22)27(31)20-16-23-29(33-23)17-28(2,15-14-21(29)24(20)26(19)30)34(3,4)18-10-7-6-8-11-18/h6-13,19-21,23-25H,5,14-17H2,1-4H3. The first-order valence-electron chi connectivity index (χ1n) is 13.1. The minimum absolute atomic E-state index is 0.117. The second-order valence-electron chi connectivity index (χ2n) is 12.0. The second-order valence-corrected chi connectivity index (χ2v) is 17.0. The summed E-state index contributed by atoms with van der Waals surface area (Å²) in [5, 5.41) is 1.69. The van der Waals surface area contributed by atoms with Crippen LogP contribution in [0, 0.1) is 29.6 Å². The summed E-state index contributed by atoms with van der Waals surface area (Å²) in [4.78, 5) is 27.7. The molecule has 4 aliphatic carbocycles. The normalized spacial score (nSPS) is 42.6. The first-order valence-corrected chi connectivity index (χ1v) is 16.1. The van der Waals surface area contributed by atoms with Crippen LogP contribution in [0.25, 0.3) is 0 Å². The van der Waals surface area contributed by atoms with Crippen LogP contribution in [0.1, 0.15) is 39.5 Å². The third-order valence-electron chi connectivity index (χ3n) is 10.4. The molecule has 0 amide bonds. The Morgan fingerprint density at radius 2 is 1.91 bits per heavy atom. The molecule has 6 rings (SSSR count). The molecule has 1 saturated heterocycles. The summed E-state index contributed by atoms with van der Waals surface area (Å²) in [6, 6.07) is 11.0. The highest BCUT2D eigenvalue weighted by Crippen LogP contribution is 2.69. The van der Waals surface area contributed by atoms with Crippen LogP contribution in [0.3, 0.4) is 0 Å². The molecule has 0 bridgehead atoms. The Labute approximate surface area is 203 Å². The number of carbonyl (C=O) groups is 2. The fraction of sp³-hybridized carbons (Fsp3) is 0.586. The maximum absolute atomic E-state index is 14.0. The van der Waals surface area contributed by atoms with Crippen molar-refractivity contribution in [2.75, 3.05) is 6.61 Å². The van der Waals surface area contributed by atoms with Gasteiger partial charge in [-0.2, -0.15) is 0 Å². The lowest BCUT2D eigenvalue weighted by Gasteiger charge is -2.54. The minimum atomic E-state index is -1.79. The van der Waals surface area contributed by atoms with E-state index in [1.165, 1.54) is 5.19 Å². The van der Waals surface area contributed by atoms with E-state index in [0.29, 0.717) is 18.8 Å². The van der Waals surface area contributed by atoms with Gasteiger partial charge < -0.3 is 9.47 Å². The van der Waals surface area contributed by atoms with Crippen molar-refractivity contribution in [1.29, 1.82) is 0 Å². The number of hydrogen-bond donors (Lipinski definition) is 0. The molecule has 0 aromatic heterocycles. The van der Waals surface area contributed by atoms with Gasteiger partial charge in [-0.3, -0.25) is 9.59 Å². The Morgan fingerprint density at radius 1 is 1.15 bits per heavy atom. The van der Waals surface area contributed by atoms with Gasteiger partial charge in [0.2, 0.25) is 0 Å². The smallest absolute Gasteiger partial charge is 0.148 e. The van der Waals surface area contributed by atoms with Crippen molar-refractivity contribution >= 4 is 24.8 Å². The number of rotatable bonds is 4. The van der Waals surface area contributed by atoms with Crippen molar-refractivity contribution in [3.8, 4) is 0 Å². The highest BCUT2D eigenvalue weighted by atomic mass is 28.3. The van der Waals surface area contributed by atoms with Crippen LogP contribution in [-0.2, 0) is 19.1 Å². The van der Waals surface area contributed by atoms with Crippen molar-refractivity contribution in [3.05, 3.63) is 54.3 Å². The van der Waals surface area contributed by atoms with Gasteiger partial charge in [-0.25, -0.2) is 0 Å². The highest BCUT2D eigenvalue weighted by molar-refractivity contribution is 6.92. The zero-order valence-electron chi connectivity index (χ0n) is 20.8. The number of ketones is 2. The zero-order valence-corrected chi connectivity index (χ0v) is 21.8. The van der Waals surface area contributed by atoms with Gasteiger partial charge in [0.05, 0.1) is 38.2 Å². The minimum Gasteiger partial charge on any atom is -0.497 e. The summed E-state index contributed by atoms with van der Waals surface area (Å²) in [7, 11) is -1.79. The zero-order chi connectivity index (χ0) is 23.9. The van der Waals surface area contributed by atoms with Gasteiger partial charge in [0, 0.05) is 17.8 Å². The molecule has 1 spiro atoms. The molecular formula is C29H36O4Si. The second kappa shape index (κ2) is 7.51. The number of hydrogen-bond acceptors (Lipinski definition) is 4. The first-order chi connectivity index (χ1) is 16.2. The molecule has 5 heteroatoms. The van der Waals surface area contributed by atoms with E-state index in [-0.39, 0.29) is 52.0 Å². The van der Waals surface area contributed by atoms with Crippen LogP contribution in [0.5, 0.6) is 0 Å². The number of fused-ring (bicyclic) bond motifs is 3. The topological polar surface area (TPSA) is 55.9 Å². The van der Waals surface area contributed by atoms with E-state index in [1.807, 2.05) is 25.2 Å². The predicted octanol–water partition coefficient (Wildman–Crippen LogP) is 4.81. The number of epoxide rings is 1. The maximum atomic E-state index is 14.0. The van der Waals surface area contributed by atoms with E-state index < -0.39 is 14.0 Å². The highest BCUT2D eigenvalue weighted by Gasteiger charge is 2.74. The molecule has 4 fully saturated rings. The molecule has 3 saturated carbocycles. The van der Waals surface area contributed by atoms with Gasteiger partial charge in [-0.05, 0) is 43.7 Å². The van der Waals surface area contributed by atoms with Crippen molar-refractivity contribution in [2.45, 2.75) is 69.4 Å². The summed E-state index contributed by atoms with van der Waals surface area (Å²) in [6.45, 7) is 9.90. The fourth-order valence-corrected chi connectivity index (χ4v) is 11.3. The third-order valence-corrected chi connectivity index (χ3v) is 15.6. The molecule has 0 radical (unpaired) electrons. The molecule has 5 aliphatic rings. The molecule has 1 aromatic carbocycles. The average molecular weight is 477 g/mol. The lowest BCUT2D eigenvalue weighted by atomic mass is 9.52. The van der Waals surface area contributed by atoms with Gasteiger partial charge in [-0.1, -0.05) is 67.7 Å². The summed E-state index contributed by atoms with van der Waals surface area (Å²) >= 11 is 0. The summed E-state index contributed by atoms with van der Waals surface area (Å²) < 4.78 is 12.4. The fourth-order valence-electron chi connectivity index (χ4n) is 8.07. The SMILES string of the molecule is CCOC1=CC=CC2C(=O)C3C(CC4OC45CC(C)([Si](C)(C)c4ccccc4)CCC35)C(=O)C12. The molecule has 1 heterocycles. The molecule has 8 atom stereocenters. The molecule has 34 heavy (non-hydrogen) atoms. The molecule has 8 unspecified atom stereocenters. The lowest BCUT2D eigenvalue weighted by molar-refractivity contribution is -0.151. The molecule has 0 N–H and O–H groups in total. The van der Waals surface area contributed by atoms with E-state index >= 15 is 0 Å². The third kappa shape index (κ3) is 2.92. The number of ether oxygens (including phenoxy) is 2. The molecule has 180 valence electrons. The van der Waals surface area contributed by atoms with Crippen LogP contribution in [0.15, 0.2) is 54.3 Å². The summed E-state index contributed by atoms with van der Waals surface area (Å²) in [5.41, 5.74) is -0.215. The molecule has 1 aliphatic heterocycles. The predicted molar refractivity (Wildman–Crippen MR) is 134 cm³/mol. The largest absolute Gasteiger partial charge is 0.497 e. The van der Waals surface area contributed by atoms with Gasteiger partial charge in [-0.15, -0.1) is 0 Å². The van der Waals surface area contributed by atoms with E-state index in [0.717, 1.165) is 19.3 Å². The van der Waals surface area contributed by atoms with Crippen molar-refractivity contribution in [3.63, 3.8) is 0 Å². The van der Waals surface area contributed by atoms with Gasteiger partial charge in [0.1, 0.15) is 17.3 Å². The number of benzene rings is 1. The van der Waals surface area contributed by atoms with Gasteiger partial charge in [0.15, 0.2) is 0 Å². The Hall–Kier alpha value is -1.98. The van der Waals surface area contributed by atoms with Crippen molar-refractivity contribution in [2.24, 2.45) is 29.6 Å². The van der Waals surface area contributed by atoms with Crippen LogP contribution in [0.2, 0.25) is 18.1 Å². The van der Waals surface area contributed by atoms with E-state index in [2.05, 4.69) is 50.3 Å². The van der Waals surface area contributed by atoms with Crippen LogP contribution >= 0.6 is 0 Å². The number of carbonyl (C=O) groups excluding carboxylic acids is 2.